The summed E-state index contributed by atoms with van der Waals surface area (Å²) in [4.78, 5) is 0. The van der Waals surface area contributed by atoms with Gasteiger partial charge in [0.05, 0.1) is 6.10 Å². The Hall–Kier alpha value is -0.0400. The Morgan fingerprint density at radius 3 is 2.08 bits per heavy atom. The molecular weight excluding hydrogens is 304 g/mol. The zero-order chi connectivity index (χ0) is 18.4. The zero-order valence-electron chi connectivity index (χ0n) is 17.8. The second-order valence-corrected chi connectivity index (χ2v) is 10.2. The minimum Gasteiger partial charge on any atom is -0.393 e. The van der Waals surface area contributed by atoms with E-state index in [1.54, 1.807) is 0 Å². The minimum atomic E-state index is -0.130. The fourth-order valence-corrected chi connectivity index (χ4v) is 6.07. The summed E-state index contributed by atoms with van der Waals surface area (Å²) in [6, 6.07) is 0. The average molecular weight is 351 g/mol. The molecule has 0 bridgehead atoms. The maximum atomic E-state index is 10.4. The van der Waals surface area contributed by atoms with Crippen LogP contribution in [0.25, 0.3) is 0 Å². The molecule has 25 heavy (non-hydrogen) atoms. The molecule has 0 heterocycles. The quantitative estimate of drug-likeness (QED) is 0.496. The van der Waals surface area contributed by atoms with E-state index in [1.165, 1.54) is 70.6 Å². The normalized spacial score (nSPS) is 35.8. The summed E-state index contributed by atoms with van der Waals surface area (Å²) in [6.45, 7) is 11.9. The maximum absolute atomic E-state index is 10.4. The van der Waals surface area contributed by atoms with Crippen LogP contribution in [0.15, 0.2) is 0 Å². The number of aliphatic hydroxyl groups excluding tert-OH is 1. The Bertz CT molecular complexity index is 355. The summed E-state index contributed by atoms with van der Waals surface area (Å²) in [6.07, 6.45) is 15.1. The molecule has 6 atom stereocenters. The van der Waals surface area contributed by atoms with Gasteiger partial charge in [0.2, 0.25) is 0 Å². The first kappa shape index (κ1) is 21.3. The van der Waals surface area contributed by atoms with Gasteiger partial charge in [-0.15, -0.1) is 0 Å². The predicted octanol–water partition coefficient (Wildman–Crippen LogP) is 7.08. The molecule has 2 rings (SSSR count). The van der Waals surface area contributed by atoms with Gasteiger partial charge in [-0.25, -0.2) is 0 Å². The van der Waals surface area contributed by atoms with Crippen LogP contribution >= 0.6 is 0 Å². The molecular formula is C24H46O. The fourth-order valence-electron chi connectivity index (χ4n) is 6.07. The third-order valence-corrected chi connectivity index (χ3v) is 7.98. The maximum Gasteiger partial charge on any atom is 0.0543 e. The van der Waals surface area contributed by atoms with Crippen molar-refractivity contribution in [1.29, 1.82) is 0 Å². The van der Waals surface area contributed by atoms with Crippen LogP contribution in [0.5, 0.6) is 0 Å². The smallest absolute Gasteiger partial charge is 0.0543 e. The molecule has 148 valence electrons. The first-order valence-corrected chi connectivity index (χ1v) is 11.6. The van der Waals surface area contributed by atoms with Crippen molar-refractivity contribution < 1.29 is 5.11 Å². The summed E-state index contributed by atoms with van der Waals surface area (Å²) in [7, 11) is 0. The third-order valence-electron chi connectivity index (χ3n) is 7.98. The Morgan fingerprint density at radius 2 is 1.48 bits per heavy atom. The molecule has 0 spiro atoms. The van der Waals surface area contributed by atoms with Gasteiger partial charge in [-0.05, 0) is 80.5 Å². The van der Waals surface area contributed by atoms with Crippen LogP contribution < -0.4 is 0 Å². The highest BCUT2D eigenvalue weighted by atomic mass is 16.3. The molecule has 0 aromatic carbocycles. The largest absolute Gasteiger partial charge is 0.393 e. The van der Waals surface area contributed by atoms with Crippen LogP contribution in [0, 0.1) is 41.4 Å². The van der Waals surface area contributed by atoms with E-state index in [-0.39, 0.29) is 6.10 Å². The molecule has 0 aromatic rings. The highest BCUT2D eigenvalue weighted by Gasteiger charge is 2.32. The lowest BCUT2D eigenvalue weighted by atomic mass is 9.69. The van der Waals surface area contributed by atoms with Crippen LogP contribution in [-0.2, 0) is 0 Å². The van der Waals surface area contributed by atoms with E-state index in [0.717, 1.165) is 35.5 Å². The van der Waals surface area contributed by atoms with Crippen molar-refractivity contribution in [2.24, 2.45) is 41.4 Å². The predicted molar refractivity (Wildman–Crippen MR) is 110 cm³/mol. The molecule has 2 saturated carbocycles. The van der Waals surface area contributed by atoms with Crippen molar-refractivity contribution in [2.45, 2.75) is 111 Å². The second-order valence-electron chi connectivity index (χ2n) is 10.2. The number of aliphatic hydroxyl groups is 1. The van der Waals surface area contributed by atoms with E-state index < -0.39 is 0 Å². The van der Waals surface area contributed by atoms with Crippen molar-refractivity contribution in [3.63, 3.8) is 0 Å². The molecule has 0 amide bonds. The minimum absolute atomic E-state index is 0.130. The SMILES string of the molecule is CC1CCC([C@H](C)CC(C)CCC([C@@H]2CCCCC2C)[C@H](C)O)CC1. The standard InChI is InChI=1S/C24H46O/c1-17-10-13-22(14-11-17)20(4)16-18(2)12-15-24(21(5)25)23-9-7-6-8-19(23)3/h17-25H,6-16H2,1-5H3/t17?,18?,19?,20-,21+,22?,23-,24?/m1/s1. The molecule has 0 aliphatic heterocycles. The van der Waals surface area contributed by atoms with E-state index in [9.17, 15) is 5.11 Å². The molecule has 1 nitrogen and oxygen atoms in total. The van der Waals surface area contributed by atoms with E-state index in [0.29, 0.717) is 5.92 Å². The van der Waals surface area contributed by atoms with E-state index >= 15 is 0 Å². The summed E-state index contributed by atoms with van der Waals surface area (Å²) < 4.78 is 0. The van der Waals surface area contributed by atoms with Crippen molar-refractivity contribution in [3.8, 4) is 0 Å². The fraction of sp³-hybridized carbons (Fsp3) is 1.00. The van der Waals surface area contributed by atoms with E-state index in [1.807, 2.05) is 6.92 Å². The van der Waals surface area contributed by atoms with Crippen LogP contribution in [0.3, 0.4) is 0 Å². The lowest BCUT2D eigenvalue weighted by Crippen LogP contribution is -2.32. The molecule has 2 fully saturated rings. The van der Waals surface area contributed by atoms with E-state index in [4.69, 9.17) is 0 Å². The lowest BCUT2D eigenvalue weighted by molar-refractivity contribution is 0.0395. The summed E-state index contributed by atoms with van der Waals surface area (Å²) in [5.41, 5.74) is 0. The van der Waals surface area contributed by atoms with Gasteiger partial charge in [0.15, 0.2) is 0 Å². The monoisotopic (exact) mass is 350 g/mol. The molecule has 2 aliphatic carbocycles. The summed E-state index contributed by atoms with van der Waals surface area (Å²) in [5, 5.41) is 10.4. The van der Waals surface area contributed by atoms with Crippen LogP contribution in [0.2, 0.25) is 0 Å². The van der Waals surface area contributed by atoms with E-state index in [2.05, 4.69) is 27.7 Å². The Labute approximate surface area is 158 Å². The van der Waals surface area contributed by atoms with Crippen LogP contribution in [0.1, 0.15) is 105 Å². The van der Waals surface area contributed by atoms with Gasteiger partial charge >= 0.3 is 0 Å². The van der Waals surface area contributed by atoms with Gasteiger partial charge in [0.1, 0.15) is 0 Å². The van der Waals surface area contributed by atoms with Gasteiger partial charge in [-0.3, -0.25) is 0 Å². The van der Waals surface area contributed by atoms with Gasteiger partial charge in [-0.2, -0.15) is 0 Å². The Balaban J connectivity index is 1.77. The molecule has 1 N–H and O–H groups in total. The molecule has 0 aromatic heterocycles. The first-order valence-electron chi connectivity index (χ1n) is 11.6. The van der Waals surface area contributed by atoms with Gasteiger partial charge in [0.25, 0.3) is 0 Å². The topological polar surface area (TPSA) is 20.2 Å². The Kier molecular flexibility index (Phi) is 8.79. The highest BCUT2D eigenvalue weighted by molar-refractivity contribution is 4.82. The number of hydrogen-bond donors (Lipinski definition) is 1. The summed E-state index contributed by atoms with van der Waals surface area (Å²) >= 11 is 0. The molecule has 2 aliphatic rings. The zero-order valence-corrected chi connectivity index (χ0v) is 17.8. The van der Waals surface area contributed by atoms with Crippen molar-refractivity contribution in [1.82, 2.24) is 0 Å². The Morgan fingerprint density at radius 1 is 0.840 bits per heavy atom. The summed E-state index contributed by atoms with van der Waals surface area (Å²) in [5.74, 6) is 5.75. The van der Waals surface area contributed by atoms with Crippen LogP contribution in [-0.4, -0.2) is 11.2 Å². The molecule has 3 unspecified atom stereocenters. The third kappa shape index (κ3) is 6.56. The molecule has 0 radical (unpaired) electrons. The van der Waals surface area contributed by atoms with Crippen molar-refractivity contribution >= 4 is 0 Å². The van der Waals surface area contributed by atoms with Crippen LogP contribution in [0.4, 0.5) is 0 Å². The molecule has 1 heteroatoms. The van der Waals surface area contributed by atoms with Gasteiger partial charge in [0, 0.05) is 0 Å². The number of hydrogen-bond acceptors (Lipinski definition) is 1. The van der Waals surface area contributed by atoms with Gasteiger partial charge < -0.3 is 5.11 Å². The second kappa shape index (κ2) is 10.3. The van der Waals surface area contributed by atoms with Crippen molar-refractivity contribution in [2.75, 3.05) is 0 Å². The lowest BCUT2D eigenvalue weighted by Gasteiger charge is -2.38. The average Bonchev–Trinajstić information content (AvgIpc) is 2.56. The number of rotatable bonds is 8. The van der Waals surface area contributed by atoms with Gasteiger partial charge in [-0.1, -0.05) is 66.2 Å². The molecule has 0 saturated heterocycles. The highest BCUT2D eigenvalue weighted by Crippen LogP contribution is 2.40. The first-order chi connectivity index (χ1) is 11.9. The van der Waals surface area contributed by atoms with Crippen molar-refractivity contribution in [3.05, 3.63) is 0 Å².